The lowest BCUT2D eigenvalue weighted by molar-refractivity contribution is -0.160. The van der Waals surface area contributed by atoms with Crippen LogP contribution in [0.1, 0.15) is 40.5 Å². The zero-order valence-corrected chi connectivity index (χ0v) is 12.7. The molecule has 0 aliphatic heterocycles. The van der Waals surface area contributed by atoms with E-state index in [9.17, 15) is 14.4 Å². The van der Waals surface area contributed by atoms with E-state index in [2.05, 4.69) is 0 Å². The van der Waals surface area contributed by atoms with E-state index in [0.717, 1.165) is 0 Å². The van der Waals surface area contributed by atoms with E-state index in [1.807, 2.05) is 6.92 Å². The fourth-order valence-corrected chi connectivity index (χ4v) is 1.38. The van der Waals surface area contributed by atoms with Gasteiger partial charge >= 0.3 is 11.9 Å². The van der Waals surface area contributed by atoms with E-state index in [1.165, 1.54) is 6.92 Å². The molecule has 0 aliphatic carbocycles. The number of ketones is 1. The highest BCUT2D eigenvalue weighted by atomic mass is 16.6. The first kappa shape index (κ1) is 18.6. The minimum Gasteiger partial charge on any atom is -0.466 e. The molecule has 0 bridgehead atoms. The van der Waals surface area contributed by atoms with Gasteiger partial charge in [-0.05, 0) is 27.2 Å². The van der Waals surface area contributed by atoms with E-state index in [1.54, 1.807) is 13.8 Å². The van der Waals surface area contributed by atoms with E-state index in [4.69, 9.17) is 14.2 Å². The summed E-state index contributed by atoms with van der Waals surface area (Å²) in [5.41, 5.74) is -0.695. The van der Waals surface area contributed by atoms with Gasteiger partial charge in [0.2, 0.25) is 0 Å². The molecule has 0 amide bonds. The van der Waals surface area contributed by atoms with Crippen LogP contribution in [0.15, 0.2) is 0 Å². The predicted molar refractivity (Wildman–Crippen MR) is 72.1 cm³/mol. The van der Waals surface area contributed by atoms with Gasteiger partial charge in [0.25, 0.3) is 0 Å². The molecule has 0 aromatic rings. The van der Waals surface area contributed by atoms with Crippen molar-refractivity contribution in [3.8, 4) is 0 Å². The monoisotopic (exact) mass is 288 g/mol. The maximum Gasteiger partial charge on any atom is 0.314 e. The van der Waals surface area contributed by atoms with Crippen LogP contribution in [0.5, 0.6) is 0 Å². The summed E-state index contributed by atoms with van der Waals surface area (Å²) in [6.07, 6.45) is 0.367. The van der Waals surface area contributed by atoms with Crippen molar-refractivity contribution in [2.24, 2.45) is 5.41 Å². The summed E-state index contributed by atoms with van der Waals surface area (Å²) in [6, 6.07) is 0. The molecule has 0 rings (SSSR count). The van der Waals surface area contributed by atoms with Gasteiger partial charge in [-0.1, -0.05) is 6.92 Å². The van der Waals surface area contributed by atoms with Gasteiger partial charge in [0.1, 0.15) is 18.8 Å². The smallest absolute Gasteiger partial charge is 0.314 e. The van der Waals surface area contributed by atoms with Crippen LogP contribution in [0.25, 0.3) is 0 Å². The molecule has 0 aromatic carbocycles. The van der Waals surface area contributed by atoms with Gasteiger partial charge in [-0.15, -0.1) is 0 Å². The number of ether oxygens (including phenoxy) is 3. The molecule has 0 heterocycles. The van der Waals surface area contributed by atoms with Gasteiger partial charge in [0.05, 0.1) is 25.2 Å². The van der Waals surface area contributed by atoms with Gasteiger partial charge in [-0.3, -0.25) is 14.4 Å². The lowest BCUT2D eigenvalue weighted by atomic mass is 9.89. The second-order valence-corrected chi connectivity index (χ2v) is 4.79. The first-order valence-corrected chi connectivity index (χ1v) is 6.75. The molecule has 6 nitrogen and oxygen atoms in total. The SMILES string of the molecule is CCOC(=O)C(C)(CC)COCCOC(=O)CC(C)=O. The van der Waals surface area contributed by atoms with Gasteiger partial charge in [-0.2, -0.15) is 0 Å². The van der Waals surface area contributed by atoms with Crippen LogP contribution in [0.4, 0.5) is 0 Å². The third kappa shape index (κ3) is 7.23. The maximum absolute atomic E-state index is 11.8. The topological polar surface area (TPSA) is 78.9 Å². The van der Waals surface area contributed by atoms with E-state index < -0.39 is 11.4 Å². The van der Waals surface area contributed by atoms with Crippen molar-refractivity contribution >= 4 is 17.7 Å². The number of hydrogen-bond acceptors (Lipinski definition) is 6. The Hall–Kier alpha value is -1.43. The maximum atomic E-state index is 11.8. The average Bonchev–Trinajstić information content (AvgIpc) is 2.37. The number of carbonyl (C=O) groups is 3. The van der Waals surface area contributed by atoms with Crippen LogP contribution in [-0.2, 0) is 28.6 Å². The molecule has 0 saturated heterocycles. The Kier molecular flexibility index (Phi) is 8.79. The molecular weight excluding hydrogens is 264 g/mol. The molecule has 6 heteroatoms. The Morgan fingerprint density at radius 2 is 1.70 bits per heavy atom. The fourth-order valence-electron chi connectivity index (χ4n) is 1.38. The number of esters is 2. The third-order valence-corrected chi connectivity index (χ3v) is 2.85. The van der Waals surface area contributed by atoms with Crippen LogP contribution in [-0.4, -0.2) is 44.1 Å². The van der Waals surface area contributed by atoms with Crippen molar-refractivity contribution in [3.05, 3.63) is 0 Å². The van der Waals surface area contributed by atoms with E-state index in [-0.39, 0.29) is 38.0 Å². The summed E-state index contributed by atoms with van der Waals surface area (Å²) in [4.78, 5) is 33.5. The number of rotatable bonds is 10. The largest absolute Gasteiger partial charge is 0.466 e. The van der Waals surface area contributed by atoms with E-state index in [0.29, 0.717) is 13.0 Å². The lowest BCUT2D eigenvalue weighted by Gasteiger charge is -2.25. The number of hydrogen-bond donors (Lipinski definition) is 0. The fraction of sp³-hybridized carbons (Fsp3) is 0.786. The highest BCUT2D eigenvalue weighted by molar-refractivity contribution is 5.94. The molecule has 1 atom stereocenters. The van der Waals surface area contributed by atoms with E-state index >= 15 is 0 Å². The van der Waals surface area contributed by atoms with Crippen LogP contribution in [0.2, 0.25) is 0 Å². The lowest BCUT2D eigenvalue weighted by Crippen LogP contribution is -2.34. The van der Waals surface area contributed by atoms with Crippen molar-refractivity contribution in [1.82, 2.24) is 0 Å². The summed E-state index contributed by atoms with van der Waals surface area (Å²) in [5, 5.41) is 0. The van der Waals surface area contributed by atoms with Gasteiger partial charge < -0.3 is 14.2 Å². The molecule has 0 spiro atoms. The summed E-state index contributed by atoms with van der Waals surface area (Å²) >= 11 is 0. The van der Waals surface area contributed by atoms with Crippen LogP contribution < -0.4 is 0 Å². The molecule has 0 aromatic heterocycles. The molecule has 0 radical (unpaired) electrons. The Morgan fingerprint density at radius 3 is 2.20 bits per heavy atom. The molecule has 0 fully saturated rings. The number of Topliss-reactive ketones (excluding diaryl/α,β-unsaturated/α-hetero) is 1. The molecule has 20 heavy (non-hydrogen) atoms. The highest BCUT2D eigenvalue weighted by Gasteiger charge is 2.33. The standard InChI is InChI=1S/C14H24O6/c1-5-14(4,13(17)19-6-2)10-18-7-8-20-12(16)9-11(3)15/h5-10H2,1-4H3. The number of carbonyl (C=O) groups excluding carboxylic acids is 3. The Morgan fingerprint density at radius 1 is 1.05 bits per heavy atom. The van der Waals surface area contributed by atoms with Crippen molar-refractivity contribution in [2.45, 2.75) is 40.5 Å². The first-order valence-electron chi connectivity index (χ1n) is 6.75. The second-order valence-electron chi connectivity index (χ2n) is 4.79. The zero-order chi connectivity index (χ0) is 15.6. The summed E-state index contributed by atoms with van der Waals surface area (Å²) in [7, 11) is 0. The minimum absolute atomic E-state index is 0.0642. The summed E-state index contributed by atoms with van der Waals surface area (Å²) in [6.45, 7) is 7.50. The van der Waals surface area contributed by atoms with Gasteiger partial charge in [-0.25, -0.2) is 0 Å². The predicted octanol–water partition coefficient (Wildman–Crippen LogP) is 1.50. The molecule has 0 N–H and O–H groups in total. The van der Waals surface area contributed by atoms with Crippen molar-refractivity contribution in [2.75, 3.05) is 26.4 Å². The second kappa shape index (κ2) is 9.47. The van der Waals surface area contributed by atoms with Crippen molar-refractivity contribution in [1.29, 1.82) is 0 Å². The first-order chi connectivity index (χ1) is 9.35. The third-order valence-electron chi connectivity index (χ3n) is 2.85. The molecule has 0 aliphatic rings. The Balaban J connectivity index is 3.94. The van der Waals surface area contributed by atoms with Crippen LogP contribution in [0, 0.1) is 5.41 Å². The van der Waals surface area contributed by atoms with Gasteiger partial charge in [0, 0.05) is 0 Å². The highest BCUT2D eigenvalue weighted by Crippen LogP contribution is 2.23. The molecule has 1 unspecified atom stereocenters. The average molecular weight is 288 g/mol. The van der Waals surface area contributed by atoms with Gasteiger partial charge in [0.15, 0.2) is 0 Å². The van der Waals surface area contributed by atoms with Crippen molar-refractivity contribution in [3.63, 3.8) is 0 Å². The molecular formula is C14H24O6. The van der Waals surface area contributed by atoms with Crippen LogP contribution >= 0.6 is 0 Å². The summed E-state index contributed by atoms with van der Waals surface area (Å²) < 4.78 is 15.2. The molecule has 116 valence electrons. The normalized spacial score (nSPS) is 13.4. The summed E-state index contributed by atoms with van der Waals surface area (Å²) in [5.74, 6) is -1.10. The zero-order valence-electron chi connectivity index (χ0n) is 12.7. The molecule has 0 saturated carbocycles. The van der Waals surface area contributed by atoms with Crippen molar-refractivity contribution < 1.29 is 28.6 Å². The minimum atomic E-state index is -0.695. The Bertz CT molecular complexity index is 339. The quantitative estimate of drug-likeness (QED) is 0.344. The Labute approximate surface area is 119 Å². The van der Waals surface area contributed by atoms with Crippen LogP contribution in [0.3, 0.4) is 0 Å².